The molecule has 0 aromatic heterocycles. The molecule has 1 amide bonds. The standard InChI is InChI=1S/C8H14N2OS/c1-5(2)10-6(3)7(11)9(4)8(10)12/h5-6H,1-4H3. The molecular weight excluding hydrogens is 172 g/mol. The molecule has 1 heterocycles. The van der Waals surface area contributed by atoms with Gasteiger partial charge in [0.1, 0.15) is 6.04 Å². The van der Waals surface area contributed by atoms with Crippen LogP contribution < -0.4 is 0 Å². The van der Waals surface area contributed by atoms with Gasteiger partial charge in [-0.2, -0.15) is 0 Å². The van der Waals surface area contributed by atoms with Gasteiger partial charge in [-0.25, -0.2) is 0 Å². The van der Waals surface area contributed by atoms with Gasteiger partial charge in [0.15, 0.2) is 5.11 Å². The van der Waals surface area contributed by atoms with E-state index >= 15 is 0 Å². The minimum atomic E-state index is -0.0949. The van der Waals surface area contributed by atoms with Gasteiger partial charge in [0.05, 0.1) is 0 Å². The average molecular weight is 186 g/mol. The van der Waals surface area contributed by atoms with Crippen LogP contribution in [-0.4, -0.2) is 40.0 Å². The van der Waals surface area contributed by atoms with Crippen molar-refractivity contribution in [1.29, 1.82) is 0 Å². The maximum Gasteiger partial charge on any atom is 0.250 e. The minimum Gasteiger partial charge on any atom is -0.335 e. The highest BCUT2D eigenvalue weighted by Crippen LogP contribution is 2.18. The Labute approximate surface area is 78.3 Å². The minimum absolute atomic E-state index is 0.0914. The number of carbonyl (C=O) groups excluding carboxylic acids is 1. The van der Waals surface area contributed by atoms with Gasteiger partial charge in [-0.05, 0) is 33.0 Å². The van der Waals surface area contributed by atoms with Crippen LogP contribution in [0.5, 0.6) is 0 Å². The van der Waals surface area contributed by atoms with Crippen LogP contribution in [0.2, 0.25) is 0 Å². The molecule has 0 aliphatic carbocycles. The van der Waals surface area contributed by atoms with Gasteiger partial charge < -0.3 is 4.90 Å². The summed E-state index contributed by atoms with van der Waals surface area (Å²) >= 11 is 5.12. The van der Waals surface area contributed by atoms with Crippen molar-refractivity contribution in [2.75, 3.05) is 7.05 Å². The second-order valence-corrected chi connectivity index (χ2v) is 3.72. The van der Waals surface area contributed by atoms with Gasteiger partial charge in [-0.1, -0.05) is 0 Å². The molecule has 1 atom stereocenters. The van der Waals surface area contributed by atoms with Gasteiger partial charge in [0.25, 0.3) is 5.91 Å². The van der Waals surface area contributed by atoms with Crippen molar-refractivity contribution in [2.45, 2.75) is 32.9 Å². The first-order valence-corrected chi connectivity index (χ1v) is 4.47. The molecule has 0 aromatic rings. The van der Waals surface area contributed by atoms with E-state index in [-0.39, 0.29) is 11.9 Å². The summed E-state index contributed by atoms with van der Waals surface area (Å²) < 4.78 is 0. The molecule has 1 rings (SSSR count). The molecule has 12 heavy (non-hydrogen) atoms. The first-order valence-electron chi connectivity index (χ1n) is 4.06. The Hall–Kier alpha value is -0.640. The van der Waals surface area contributed by atoms with E-state index in [9.17, 15) is 4.79 Å². The maximum atomic E-state index is 11.4. The fraction of sp³-hybridized carbons (Fsp3) is 0.750. The molecule has 0 radical (unpaired) electrons. The molecule has 0 aromatic carbocycles. The number of thiocarbonyl (C=S) groups is 1. The summed E-state index contributed by atoms with van der Waals surface area (Å²) in [6.07, 6.45) is 0. The first-order chi connectivity index (χ1) is 5.46. The molecule has 0 saturated carbocycles. The van der Waals surface area contributed by atoms with Gasteiger partial charge in [-0.3, -0.25) is 9.69 Å². The Morgan fingerprint density at radius 1 is 1.50 bits per heavy atom. The largest absolute Gasteiger partial charge is 0.335 e. The van der Waals surface area contributed by atoms with E-state index in [0.717, 1.165) is 0 Å². The van der Waals surface area contributed by atoms with Crippen LogP contribution in [0, 0.1) is 0 Å². The smallest absolute Gasteiger partial charge is 0.250 e. The van der Waals surface area contributed by atoms with Crippen LogP contribution in [0.1, 0.15) is 20.8 Å². The van der Waals surface area contributed by atoms with Crippen LogP contribution in [0.15, 0.2) is 0 Å². The normalized spacial score (nSPS) is 24.6. The second kappa shape index (κ2) is 3.01. The van der Waals surface area contributed by atoms with Crippen molar-refractivity contribution < 1.29 is 4.79 Å². The molecule has 1 aliphatic heterocycles. The zero-order valence-corrected chi connectivity index (χ0v) is 8.68. The van der Waals surface area contributed by atoms with Crippen molar-refractivity contribution in [2.24, 2.45) is 0 Å². The lowest BCUT2D eigenvalue weighted by Gasteiger charge is -2.25. The van der Waals surface area contributed by atoms with E-state index < -0.39 is 0 Å². The van der Waals surface area contributed by atoms with Crippen LogP contribution in [0.3, 0.4) is 0 Å². The van der Waals surface area contributed by atoms with Gasteiger partial charge in [0.2, 0.25) is 0 Å². The lowest BCUT2D eigenvalue weighted by Crippen LogP contribution is -2.38. The Morgan fingerprint density at radius 2 is 2.00 bits per heavy atom. The van der Waals surface area contributed by atoms with Crippen molar-refractivity contribution >= 4 is 23.2 Å². The predicted octanol–water partition coefficient (Wildman–Crippen LogP) is 0.842. The Balaban J connectivity index is 2.91. The number of hydrogen-bond donors (Lipinski definition) is 0. The van der Waals surface area contributed by atoms with Crippen molar-refractivity contribution in [3.63, 3.8) is 0 Å². The SMILES string of the molecule is CC(C)N1C(=S)N(C)C(=O)C1C. The molecular formula is C8H14N2OS. The van der Waals surface area contributed by atoms with E-state index in [1.807, 2.05) is 25.7 Å². The number of hydrogen-bond acceptors (Lipinski definition) is 2. The van der Waals surface area contributed by atoms with E-state index in [2.05, 4.69) is 0 Å². The van der Waals surface area contributed by atoms with E-state index in [1.54, 1.807) is 11.9 Å². The van der Waals surface area contributed by atoms with E-state index in [1.165, 1.54) is 0 Å². The summed E-state index contributed by atoms with van der Waals surface area (Å²) in [7, 11) is 1.73. The van der Waals surface area contributed by atoms with Crippen molar-refractivity contribution in [3.05, 3.63) is 0 Å². The van der Waals surface area contributed by atoms with E-state index in [4.69, 9.17) is 12.2 Å². The fourth-order valence-electron chi connectivity index (χ4n) is 1.50. The highest BCUT2D eigenvalue weighted by molar-refractivity contribution is 7.80. The van der Waals surface area contributed by atoms with Crippen molar-refractivity contribution in [3.8, 4) is 0 Å². The number of nitrogens with zero attached hydrogens (tertiary/aromatic N) is 2. The molecule has 68 valence electrons. The Morgan fingerprint density at radius 3 is 2.17 bits per heavy atom. The number of rotatable bonds is 1. The number of carbonyl (C=O) groups is 1. The van der Waals surface area contributed by atoms with Crippen LogP contribution in [-0.2, 0) is 4.79 Å². The summed E-state index contributed by atoms with van der Waals surface area (Å²) in [5.74, 6) is 0.0914. The van der Waals surface area contributed by atoms with E-state index in [0.29, 0.717) is 11.2 Å². The molecule has 3 nitrogen and oxygen atoms in total. The Kier molecular flexibility index (Phi) is 2.37. The van der Waals surface area contributed by atoms with Gasteiger partial charge >= 0.3 is 0 Å². The molecule has 1 saturated heterocycles. The lowest BCUT2D eigenvalue weighted by molar-refractivity contribution is -0.127. The first kappa shape index (κ1) is 9.45. The molecule has 1 aliphatic rings. The highest BCUT2D eigenvalue weighted by Gasteiger charge is 2.38. The third-order valence-electron chi connectivity index (χ3n) is 2.17. The molecule has 4 heteroatoms. The highest BCUT2D eigenvalue weighted by atomic mass is 32.1. The molecule has 0 N–H and O–H groups in total. The van der Waals surface area contributed by atoms with Crippen LogP contribution in [0.4, 0.5) is 0 Å². The lowest BCUT2D eigenvalue weighted by atomic mass is 10.2. The molecule has 0 spiro atoms. The number of likely N-dealkylation sites (N-methyl/N-ethyl adjacent to an activating group) is 1. The summed E-state index contributed by atoms with van der Waals surface area (Å²) in [6.45, 7) is 5.96. The third-order valence-corrected chi connectivity index (χ3v) is 2.65. The monoisotopic (exact) mass is 186 g/mol. The third kappa shape index (κ3) is 1.20. The summed E-state index contributed by atoms with van der Waals surface area (Å²) in [4.78, 5) is 14.9. The fourth-order valence-corrected chi connectivity index (χ4v) is 1.96. The summed E-state index contributed by atoms with van der Waals surface area (Å²) in [5.41, 5.74) is 0. The summed E-state index contributed by atoms with van der Waals surface area (Å²) in [6, 6.07) is 0.198. The number of amides is 1. The maximum absolute atomic E-state index is 11.4. The molecule has 0 bridgehead atoms. The average Bonchev–Trinajstić information content (AvgIpc) is 2.16. The van der Waals surface area contributed by atoms with Gasteiger partial charge in [0, 0.05) is 13.1 Å². The predicted molar refractivity (Wildman–Crippen MR) is 51.8 cm³/mol. The quantitative estimate of drug-likeness (QED) is 0.567. The summed E-state index contributed by atoms with van der Waals surface area (Å²) in [5, 5.41) is 0.641. The molecule has 1 fully saturated rings. The van der Waals surface area contributed by atoms with Crippen molar-refractivity contribution in [1.82, 2.24) is 9.80 Å². The van der Waals surface area contributed by atoms with Gasteiger partial charge in [-0.15, -0.1) is 0 Å². The Bertz CT molecular complexity index is 227. The second-order valence-electron chi connectivity index (χ2n) is 3.36. The van der Waals surface area contributed by atoms with Crippen LogP contribution in [0.25, 0.3) is 0 Å². The zero-order chi connectivity index (χ0) is 9.46. The van der Waals surface area contributed by atoms with Crippen LogP contribution >= 0.6 is 12.2 Å². The zero-order valence-electron chi connectivity index (χ0n) is 7.87. The topological polar surface area (TPSA) is 23.6 Å². The molecule has 1 unspecified atom stereocenters.